The van der Waals surface area contributed by atoms with Gasteiger partial charge in [-0.3, -0.25) is 4.79 Å². The summed E-state index contributed by atoms with van der Waals surface area (Å²) in [4.78, 5) is 11.6. The summed E-state index contributed by atoms with van der Waals surface area (Å²) in [5.41, 5.74) is 0. The van der Waals surface area contributed by atoms with E-state index in [1.54, 1.807) is 0 Å². The van der Waals surface area contributed by atoms with Crippen molar-refractivity contribution < 1.29 is 4.79 Å². The summed E-state index contributed by atoms with van der Waals surface area (Å²) in [6, 6.07) is 0.813. The summed E-state index contributed by atoms with van der Waals surface area (Å²) >= 11 is 0. The lowest BCUT2D eigenvalue weighted by molar-refractivity contribution is -0.121. The molecule has 0 bridgehead atoms. The molecule has 1 rings (SSSR count). The normalized spacial score (nSPS) is 17.5. The maximum absolute atomic E-state index is 11.6. The highest BCUT2D eigenvalue weighted by atomic mass is 16.1. The molecule has 0 aromatic rings. The predicted molar refractivity (Wildman–Crippen MR) is 67.3 cm³/mol. The van der Waals surface area contributed by atoms with Crippen molar-refractivity contribution in [2.45, 2.75) is 65.0 Å². The first-order chi connectivity index (χ1) is 7.65. The van der Waals surface area contributed by atoms with Gasteiger partial charge in [0, 0.05) is 12.1 Å². The van der Waals surface area contributed by atoms with Gasteiger partial charge < -0.3 is 10.6 Å². The van der Waals surface area contributed by atoms with Crippen molar-refractivity contribution in [3.8, 4) is 0 Å². The SMILES string of the molecule is CCC(CC)NC(=O)CNC(C)CC1CC1. The molecule has 94 valence electrons. The van der Waals surface area contributed by atoms with E-state index in [1.807, 2.05) is 0 Å². The van der Waals surface area contributed by atoms with Gasteiger partial charge in [0.25, 0.3) is 0 Å². The maximum Gasteiger partial charge on any atom is 0.234 e. The summed E-state index contributed by atoms with van der Waals surface area (Å²) in [6.07, 6.45) is 6.01. The molecule has 0 aliphatic heterocycles. The number of nitrogens with one attached hydrogen (secondary N) is 2. The molecule has 2 N–H and O–H groups in total. The van der Waals surface area contributed by atoms with Gasteiger partial charge in [-0.2, -0.15) is 0 Å². The van der Waals surface area contributed by atoms with Gasteiger partial charge >= 0.3 is 0 Å². The molecule has 1 saturated carbocycles. The third-order valence-corrected chi connectivity index (χ3v) is 3.35. The van der Waals surface area contributed by atoms with E-state index in [2.05, 4.69) is 31.4 Å². The van der Waals surface area contributed by atoms with Crippen LogP contribution >= 0.6 is 0 Å². The molecule has 3 heteroatoms. The molecule has 1 amide bonds. The van der Waals surface area contributed by atoms with Crippen LogP contribution < -0.4 is 10.6 Å². The van der Waals surface area contributed by atoms with E-state index < -0.39 is 0 Å². The average Bonchev–Trinajstić information content (AvgIpc) is 3.07. The summed E-state index contributed by atoms with van der Waals surface area (Å²) in [6.45, 7) is 6.85. The Kier molecular flexibility index (Phi) is 5.81. The fourth-order valence-electron chi connectivity index (χ4n) is 1.98. The van der Waals surface area contributed by atoms with Crippen LogP contribution in [0.2, 0.25) is 0 Å². The Hall–Kier alpha value is -0.570. The van der Waals surface area contributed by atoms with Crippen LogP contribution in [0.3, 0.4) is 0 Å². The van der Waals surface area contributed by atoms with Crippen LogP contribution in [-0.4, -0.2) is 24.5 Å². The fraction of sp³-hybridized carbons (Fsp3) is 0.923. The molecule has 1 unspecified atom stereocenters. The standard InChI is InChI=1S/C13H26N2O/c1-4-12(5-2)15-13(16)9-14-10(3)8-11-6-7-11/h10-12,14H,4-9H2,1-3H3,(H,15,16). The summed E-state index contributed by atoms with van der Waals surface area (Å²) in [5, 5.41) is 6.33. The lowest BCUT2D eigenvalue weighted by Gasteiger charge is -2.17. The molecule has 16 heavy (non-hydrogen) atoms. The van der Waals surface area contributed by atoms with Crippen molar-refractivity contribution >= 4 is 5.91 Å². The van der Waals surface area contributed by atoms with Crippen molar-refractivity contribution in [3.05, 3.63) is 0 Å². The van der Waals surface area contributed by atoms with Crippen molar-refractivity contribution in [1.82, 2.24) is 10.6 Å². The minimum Gasteiger partial charge on any atom is -0.352 e. The first kappa shape index (κ1) is 13.5. The zero-order chi connectivity index (χ0) is 12.0. The van der Waals surface area contributed by atoms with Crippen LogP contribution in [0.5, 0.6) is 0 Å². The van der Waals surface area contributed by atoms with E-state index in [0.29, 0.717) is 18.6 Å². The highest BCUT2D eigenvalue weighted by molar-refractivity contribution is 5.78. The Morgan fingerprint density at radius 1 is 1.31 bits per heavy atom. The molecule has 1 fully saturated rings. The van der Waals surface area contributed by atoms with Crippen molar-refractivity contribution in [2.75, 3.05) is 6.54 Å². The van der Waals surface area contributed by atoms with Crippen molar-refractivity contribution in [3.63, 3.8) is 0 Å². The molecule has 1 atom stereocenters. The Balaban J connectivity index is 2.08. The van der Waals surface area contributed by atoms with Crippen molar-refractivity contribution in [2.24, 2.45) is 5.92 Å². The van der Waals surface area contributed by atoms with Gasteiger partial charge in [-0.1, -0.05) is 26.7 Å². The van der Waals surface area contributed by atoms with Crippen LogP contribution in [0.1, 0.15) is 52.9 Å². The molecular weight excluding hydrogens is 200 g/mol. The number of hydrogen-bond donors (Lipinski definition) is 2. The number of hydrogen-bond acceptors (Lipinski definition) is 2. The van der Waals surface area contributed by atoms with Crippen LogP contribution in [0.15, 0.2) is 0 Å². The van der Waals surface area contributed by atoms with E-state index >= 15 is 0 Å². The average molecular weight is 226 g/mol. The molecule has 1 aliphatic rings. The number of amides is 1. The topological polar surface area (TPSA) is 41.1 Å². The van der Waals surface area contributed by atoms with E-state index in [9.17, 15) is 4.79 Å². The molecule has 0 spiro atoms. The van der Waals surface area contributed by atoms with Gasteiger partial charge in [-0.05, 0) is 32.1 Å². The maximum atomic E-state index is 11.6. The Bertz CT molecular complexity index is 210. The molecule has 0 saturated heterocycles. The first-order valence-corrected chi connectivity index (χ1v) is 6.68. The predicted octanol–water partition coefficient (Wildman–Crippen LogP) is 2.07. The van der Waals surface area contributed by atoms with E-state index in [1.165, 1.54) is 19.3 Å². The zero-order valence-corrected chi connectivity index (χ0v) is 10.9. The fourth-order valence-corrected chi connectivity index (χ4v) is 1.98. The van der Waals surface area contributed by atoms with Gasteiger partial charge in [0.1, 0.15) is 0 Å². The molecule has 3 nitrogen and oxygen atoms in total. The summed E-state index contributed by atoms with van der Waals surface area (Å²) < 4.78 is 0. The highest BCUT2D eigenvalue weighted by Crippen LogP contribution is 2.33. The lowest BCUT2D eigenvalue weighted by Crippen LogP contribution is -2.42. The highest BCUT2D eigenvalue weighted by Gasteiger charge is 2.23. The minimum absolute atomic E-state index is 0.136. The third kappa shape index (κ3) is 5.50. The zero-order valence-electron chi connectivity index (χ0n) is 10.9. The van der Waals surface area contributed by atoms with E-state index in [-0.39, 0.29) is 5.91 Å². The Morgan fingerprint density at radius 2 is 1.94 bits per heavy atom. The summed E-state index contributed by atoms with van der Waals surface area (Å²) in [5.74, 6) is 1.06. The second-order valence-electron chi connectivity index (χ2n) is 5.04. The second-order valence-corrected chi connectivity index (χ2v) is 5.04. The molecule has 0 heterocycles. The van der Waals surface area contributed by atoms with Gasteiger partial charge in [0.15, 0.2) is 0 Å². The van der Waals surface area contributed by atoms with Crippen LogP contribution in [0, 0.1) is 5.92 Å². The van der Waals surface area contributed by atoms with Gasteiger partial charge in [-0.15, -0.1) is 0 Å². The third-order valence-electron chi connectivity index (χ3n) is 3.35. The molecule has 0 aromatic heterocycles. The molecule has 0 aromatic carbocycles. The number of carbonyl (C=O) groups excluding carboxylic acids is 1. The second kappa shape index (κ2) is 6.89. The van der Waals surface area contributed by atoms with E-state index in [4.69, 9.17) is 0 Å². The van der Waals surface area contributed by atoms with Gasteiger partial charge in [0.05, 0.1) is 6.54 Å². The van der Waals surface area contributed by atoms with Gasteiger partial charge in [-0.25, -0.2) is 0 Å². The first-order valence-electron chi connectivity index (χ1n) is 6.68. The largest absolute Gasteiger partial charge is 0.352 e. The lowest BCUT2D eigenvalue weighted by atomic mass is 10.1. The van der Waals surface area contributed by atoms with Crippen LogP contribution in [-0.2, 0) is 4.79 Å². The van der Waals surface area contributed by atoms with Gasteiger partial charge in [0.2, 0.25) is 5.91 Å². The van der Waals surface area contributed by atoms with Crippen LogP contribution in [0.4, 0.5) is 0 Å². The molecule has 1 aliphatic carbocycles. The van der Waals surface area contributed by atoms with Crippen molar-refractivity contribution in [1.29, 1.82) is 0 Å². The Labute approximate surface area is 99.4 Å². The summed E-state index contributed by atoms with van der Waals surface area (Å²) in [7, 11) is 0. The molecular formula is C13H26N2O. The number of rotatable bonds is 8. The molecule has 0 radical (unpaired) electrons. The quantitative estimate of drug-likeness (QED) is 0.665. The van der Waals surface area contributed by atoms with Crippen LogP contribution in [0.25, 0.3) is 0 Å². The monoisotopic (exact) mass is 226 g/mol. The van der Waals surface area contributed by atoms with E-state index in [0.717, 1.165) is 18.8 Å². The minimum atomic E-state index is 0.136. The smallest absolute Gasteiger partial charge is 0.234 e. The number of carbonyl (C=O) groups is 1. The Morgan fingerprint density at radius 3 is 2.44 bits per heavy atom.